The van der Waals surface area contributed by atoms with E-state index in [1.54, 1.807) is 0 Å². The molecule has 172 valence electrons. The minimum absolute atomic E-state index is 0.140. The molecule has 0 bridgehead atoms. The number of nitrogens with one attached hydrogen (secondary N) is 2. The lowest BCUT2D eigenvalue weighted by molar-refractivity contribution is -0.149. The quantitative estimate of drug-likeness (QED) is 0.259. The van der Waals surface area contributed by atoms with E-state index < -0.39 is 47.9 Å². The first kappa shape index (κ1) is 26.6. The van der Waals surface area contributed by atoms with Gasteiger partial charge in [0, 0.05) is 12.3 Å². The maximum absolute atomic E-state index is 13.1. The van der Waals surface area contributed by atoms with Crippen molar-refractivity contribution in [3.05, 3.63) is 0 Å². The van der Waals surface area contributed by atoms with Crippen molar-refractivity contribution in [1.29, 1.82) is 0 Å². The molecule has 0 aromatic rings. The van der Waals surface area contributed by atoms with E-state index in [9.17, 15) is 24.3 Å². The Morgan fingerprint density at radius 1 is 1.27 bits per heavy atom. The van der Waals surface area contributed by atoms with Gasteiger partial charge in [0.15, 0.2) is 0 Å². The molecule has 0 saturated carbocycles. The normalized spacial score (nSPS) is 20.2. The van der Waals surface area contributed by atoms with Gasteiger partial charge in [0.05, 0.1) is 6.04 Å². The molecule has 0 aromatic carbocycles. The lowest BCUT2D eigenvalue weighted by Gasteiger charge is -2.30. The highest BCUT2D eigenvalue weighted by Gasteiger charge is 2.38. The summed E-state index contributed by atoms with van der Waals surface area (Å²) in [5, 5.41) is 14.8. The summed E-state index contributed by atoms with van der Waals surface area (Å²) in [5.74, 6) is -1.83. The van der Waals surface area contributed by atoms with Gasteiger partial charge in [-0.15, -0.1) is 0 Å². The number of carboxylic acids is 1. The number of rotatable bonds is 12. The molecule has 5 unspecified atom stereocenters. The molecule has 0 aliphatic carbocycles. The van der Waals surface area contributed by atoms with Crippen LogP contribution in [0, 0.1) is 5.92 Å². The molecule has 0 aromatic heterocycles. The monoisotopic (exact) mass is 462 g/mol. The van der Waals surface area contributed by atoms with Gasteiger partial charge in [-0.3, -0.25) is 14.4 Å². The van der Waals surface area contributed by atoms with Crippen molar-refractivity contribution < 1.29 is 24.3 Å². The average Bonchev–Trinajstić information content (AvgIpc) is 3.23. The average molecular weight is 463 g/mol. The number of amides is 3. The van der Waals surface area contributed by atoms with Crippen molar-refractivity contribution in [2.75, 3.05) is 24.3 Å². The third-order valence-corrected chi connectivity index (χ3v) is 6.41. The third kappa shape index (κ3) is 7.35. The highest BCUT2D eigenvalue weighted by atomic mass is 32.2. The molecule has 9 nitrogen and oxygen atoms in total. The fourth-order valence-electron chi connectivity index (χ4n) is 3.29. The number of carbonyl (C=O) groups is 4. The van der Waals surface area contributed by atoms with Gasteiger partial charge in [-0.1, -0.05) is 20.3 Å². The Balaban J connectivity index is 2.99. The summed E-state index contributed by atoms with van der Waals surface area (Å²) in [6.07, 6.45) is 3.90. The number of nitrogens with zero attached hydrogens (tertiary/aromatic N) is 1. The van der Waals surface area contributed by atoms with Crippen LogP contribution < -0.4 is 16.4 Å². The Kier molecular flexibility index (Phi) is 11.6. The fourth-order valence-corrected chi connectivity index (χ4v) is 3.92. The van der Waals surface area contributed by atoms with Gasteiger partial charge in [-0.25, -0.2) is 4.79 Å². The van der Waals surface area contributed by atoms with Crippen molar-refractivity contribution in [2.24, 2.45) is 11.7 Å². The molecule has 3 amide bonds. The first-order valence-corrected chi connectivity index (χ1v) is 12.2. The molecule has 30 heavy (non-hydrogen) atoms. The molecule has 1 aliphatic rings. The Labute approximate surface area is 187 Å². The zero-order valence-electron chi connectivity index (χ0n) is 17.8. The third-order valence-electron chi connectivity index (χ3n) is 5.37. The number of thiol groups is 1. The Morgan fingerprint density at radius 2 is 1.93 bits per heavy atom. The maximum atomic E-state index is 13.1. The second-order valence-electron chi connectivity index (χ2n) is 7.53. The van der Waals surface area contributed by atoms with Gasteiger partial charge in [-0.2, -0.15) is 24.4 Å². The van der Waals surface area contributed by atoms with Crippen molar-refractivity contribution in [3.8, 4) is 0 Å². The standard InChI is InChI=1S/C19H34N4O5S2/c1-4-11(2)15(22-16(24)12(20)10-29)17(25)21-13(7-9-30-3)18(26)23-8-5-6-14(23)19(27)28/h11-15,29H,4-10,20H2,1-3H3,(H,21,25)(H,22,24)(H,27,28). The first-order valence-electron chi connectivity index (χ1n) is 10.2. The van der Waals surface area contributed by atoms with Crippen LogP contribution in [0.2, 0.25) is 0 Å². The van der Waals surface area contributed by atoms with Crippen LogP contribution in [-0.4, -0.2) is 82.2 Å². The van der Waals surface area contributed by atoms with Gasteiger partial charge < -0.3 is 26.4 Å². The summed E-state index contributed by atoms with van der Waals surface area (Å²) >= 11 is 5.54. The zero-order valence-corrected chi connectivity index (χ0v) is 19.5. The fraction of sp³-hybridized carbons (Fsp3) is 0.789. The van der Waals surface area contributed by atoms with Crippen molar-refractivity contribution in [3.63, 3.8) is 0 Å². The van der Waals surface area contributed by atoms with E-state index >= 15 is 0 Å². The second kappa shape index (κ2) is 13.1. The molecule has 1 aliphatic heterocycles. The van der Waals surface area contributed by atoms with E-state index in [2.05, 4.69) is 23.3 Å². The minimum Gasteiger partial charge on any atom is -0.480 e. The summed E-state index contributed by atoms with van der Waals surface area (Å²) in [6, 6.07) is -3.43. The molecule has 5 atom stereocenters. The number of hydrogen-bond acceptors (Lipinski definition) is 7. The molecule has 1 heterocycles. The number of likely N-dealkylation sites (tertiary alicyclic amines) is 1. The number of carbonyl (C=O) groups excluding carboxylic acids is 3. The van der Waals surface area contributed by atoms with E-state index in [1.807, 2.05) is 20.1 Å². The number of aliphatic carboxylic acids is 1. The molecule has 11 heteroatoms. The predicted molar refractivity (Wildman–Crippen MR) is 121 cm³/mol. The van der Waals surface area contributed by atoms with Gasteiger partial charge in [-0.05, 0) is 37.2 Å². The van der Waals surface area contributed by atoms with E-state index in [1.165, 1.54) is 16.7 Å². The largest absolute Gasteiger partial charge is 0.480 e. The Bertz CT molecular complexity index is 622. The van der Waals surface area contributed by atoms with E-state index in [-0.39, 0.29) is 11.7 Å². The molecule has 5 N–H and O–H groups in total. The predicted octanol–water partition coefficient (Wildman–Crippen LogP) is 0.0879. The number of nitrogens with two attached hydrogens (primary N) is 1. The van der Waals surface area contributed by atoms with Crippen LogP contribution in [0.15, 0.2) is 0 Å². The van der Waals surface area contributed by atoms with Crippen molar-refractivity contribution in [2.45, 2.75) is 63.7 Å². The van der Waals surface area contributed by atoms with Crippen molar-refractivity contribution >= 4 is 48.1 Å². The summed E-state index contributed by atoms with van der Waals surface area (Å²) in [5.41, 5.74) is 5.71. The highest BCUT2D eigenvalue weighted by Crippen LogP contribution is 2.20. The first-order chi connectivity index (χ1) is 14.2. The lowest BCUT2D eigenvalue weighted by Crippen LogP contribution is -2.59. The lowest BCUT2D eigenvalue weighted by atomic mass is 9.97. The van der Waals surface area contributed by atoms with E-state index in [0.717, 1.165) is 0 Å². The SMILES string of the molecule is CCC(C)C(NC(=O)C(N)CS)C(=O)NC(CCSC)C(=O)N1CCCC1C(=O)O. The van der Waals surface area contributed by atoms with Crippen LogP contribution in [0.4, 0.5) is 0 Å². The molecule has 1 fully saturated rings. The topological polar surface area (TPSA) is 142 Å². The summed E-state index contributed by atoms with van der Waals surface area (Å²) < 4.78 is 0. The minimum atomic E-state index is -1.04. The van der Waals surface area contributed by atoms with E-state index in [4.69, 9.17) is 5.73 Å². The summed E-state index contributed by atoms with van der Waals surface area (Å²) in [4.78, 5) is 51.1. The van der Waals surface area contributed by atoms with Crippen molar-refractivity contribution in [1.82, 2.24) is 15.5 Å². The van der Waals surface area contributed by atoms with E-state index in [0.29, 0.717) is 38.0 Å². The molecule has 1 rings (SSSR count). The molecular weight excluding hydrogens is 428 g/mol. The van der Waals surface area contributed by atoms with Crippen LogP contribution in [0.25, 0.3) is 0 Å². The second-order valence-corrected chi connectivity index (χ2v) is 8.88. The van der Waals surface area contributed by atoms with Crippen LogP contribution in [0.5, 0.6) is 0 Å². The van der Waals surface area contributed by atoms with Crippen LogP contribution in [0.3, 0.4) is 0 Å². The maximum Gasteiger partial charge on any atom is 0.326 e. The van der Waals surface area contributed by atoms with Gasteiger partial charge >= 0.3 is 5.97 Å². The van der Waals surface area contributed by atoms with Crippen LogP contribution in [0.1, 0.15) is 39.5 Å². The molecule has 1 saturated heterocycles. The van der Waals surface area contributed by atoms with Gasteiger partial charge in [0.2, 0.25) is 17.7 Å². The number of thioether (sulfide) groups is 1. The molecule has 0 spiro atoms. The summed E-state index contributed by atoms with van der Waals surface area (Å²) in [7, 11) is 0. The summed E-state index contributed by atoms with van der Waals surface area (Å²) in [6.45, 7) is 4.08. The molecular formula is C19H34N4O5S2. The van der Waals surface area contributed by atoms with Crippen LogP contribution >= 0.6 is 24.4 Å². The molecule has 0 radical (unpaired) electrons. The zero-order chi connectivity index (χ0) is 22.8. The highest BCUT2D eigenvalue weighted by molar-refractivity contribution is 7.98. The van der Waals surface area contributed by atoms with Crippen LogP contribution in [-0.2, 0) is 19.2 Å². The Morgan fingerprint density at radius 3 is 2.47 bits per heavy atom. The number of hydrogen-bond donors (Lipinski definition) is 5. The number of carboxylic acid groups (broad SMARTS) is 1. The van der Waals surface area contributed by atoms with Gasteiger partial charge in [0.1, 0.15) is 18.1 Å². The van der Waals surface area contributed by atoms with Gasteiger partial charge in [0.25, 0.3) is 0 Å². The smallest absolute Gasteiger partial charge is 0.326 e. The Hall–Kier alpha value is -1.46.